The third-order valence-electron chi connectivity index (χ3n) is 4.82. The Morgan fingerprint density at radius 3 is 2.62 bits per heavy atom. The van der Waals surface area contributed by atoms with E-state index >= 15 is 0 Å². The number of carbonyl (C=O) groups excluding carboxylic acids is 1. The monoisotopic (exact) mass is 286 g/mol. The first kappa shape index (κ1) is 14.6. The summed E-state index contributed by atoms with van der Waals surface area (Å²) in [6.45, 7) is 4.78. The van der Waals surface area contributed by atoms with Gasteiger partial charge in [0.2, 0.25) is 5.91 Å². The fraction of sp³-hybridized carbons (Fsp3) is 0.611. The van der Waals surface area contributed by atoms with Gasteiger partial charge in [-0.05, 0) is 75.2 Å². The predicted octanol–water partition coefficient (Wildman–Crippen LogP) is 2.84. The largest absolute Gasteiger partial charge is 0.348 e. The molecule has 1 atom stereocenters. The molecule has 114 valence electrons. The average molecular weight is 286 g/mol. The molecule has 3 rings (SSSR count). The molecule has 1 fully saturated rings. The van der Waals surface area contributed by atoms with Crippen molar-refractivity contribution in [1.82, 2.24) is 10.2 Å². The molecule has 0 aromatic heterocycles. The van der Waals surface area contributed by atoms with Crippen molar-refractivity contribution in [2.75, 3.05) is 19.6 Å². The van der Waals surface area contributed by atoms with Crippen LogP contribution in [0.15, 0.2) is 18.2 Å². The number of likely N-dealkylation sites (tertiary alicyclic amines) is 1. The molecule has 21 heavy (non-hydrogen) atoms. The summed E-state index contributed by atoms with van der Waals surface area (Å²) in [6.07, 6.45) is 7.48. The van der Waals surface area contributed by atoms with Gasteiger partial charge in [-0.1, -0.05) is 18.2 Å². The average Bonchev–Trinajstić information content (AvgIpc) is 2.99. The van der Waals surface area contributed by atoms with Crippen LogP contribution in [0.1, 0.15) is 55.3 Å². The molecule has 0 spiro atoms. The van der Waals surface area contributed by atoms with Crippen molar-refractivity contribution in [3.63, 3.8) is 0 Å². The Labute approximate surface area is 127 Å². The fourth-order valence-electron chi connectivity index (χ4n) is 3.54. The zero-order valence-corrected chi connectivity index (χ0v) is 13.0. The fourth-order valence-corrected chi connectivity index (χ4v) is 3.54. The van der Waals surface area contributed by atoms with Crippen LogP contribution in [0.2, 0.25) is 0 Å². The molecule has 1 aromatic carbocycles. The number of hydrogen-bond acceptors (Lipinski definition) is 2. The Hall–Kier alpha value is -1.35. The van der Waals surface area contributed by atoms with Gasteiger partial charge in [-0.2, -0.15) is 0 Å². The molecule has 0 radical (unpaired) electrons. The summed E-state index contributed by atoms with van der Waals surface area (Å²) in [4.78, 5) is 14.4. The Bertz CT molecular complexity index is 506. The number of fused-ring (bicyclic) bond motifs is 1. The molecule has 0 unspecified atom stereocenters. The first-order valence-electron chi connectivity index (χ1n) is 8.36. The highest BCUT2D eigenvalue weighted by atomic mass is 16.2. The maximum atomic E-state index is 12.1. The molecule has 1 aromatic rings. The van der Waals surface area contributed by atoms with Crippen molar-refractivity contribution in [1.29, 1.82) is 0 Å². The second-order valence-electron chi connectivity index (χ2n) is 6.51. The topological polar surface area (TPSA) is 32.3 Å². The standard InChI is InChI=1S/C18H26N2O/c1-14(19-18(21)13-20-10-4-5-11-20)16-9-8-15-6-2-3-7-17(15)12-16/h8-9,12,14H,2-7,10-11,13H2,1H3,(H,19,21)/t14-/m1/s1. The second-order valence-corrected chi connectivity index (χ2v) is 6.51. The molecule has 1 aliphatic heterocycles. The third-order valence-corrected chi connectivity index (χ3v) is 4.82. The van der Waals surface area contributed by atoms with Gasteiger partial charge in [0, 0.05) is 0 Å². The SMILES string of the molecule is C[C@@H](NC(=O)CN1CCCC1)c1ccc2c(c1)CCCC2. The summed E-state index contributed by atoms with van der Waals surface area (Å²) >= 11 is 0. The lowest BCUT2D eigenvalue weighted by atomic mass is 9.89. The molecular weight excluding hydrogens is 260 g/mol. The van der Waals surface area contributed by atoms with Crippen LogP contribution >= 0.6 is 0 Å². The van der Waals surface area contributed by atoms with Crippen LogP contribution in [0.25, 0.3) is 0 Å². The summed E-state index contributed by atoms with van der Waals surface area (Å²) in [7, 11) is 0. The van der Waals surface area contributed by atoms with Crippen molar-refractivity contribution >= 4 is 5.91 Å². The van der Waals surface area contributed by atoms with Crippen molar-refractivity contribution in [2.45, 2.75) is 51.5 Å². The quantitative estimate of drug-likeness (QED) is 0.923. The zero-order valence-electron chi connectivity index (χ0n) is 13.0. The molecule has 0 saturated carbocycles. The van der Waals surface area contributed by atoms with Crippen LogP contribution in [0.5, 0.6) is 0 Å². The minimum atomic E-state index is 0.104. The number of nitrogens with one attached hydrogen (secondary N) is 1. The van der Waals surface area contributed by atoms with E-state index in [0.29, 0.717) is 6.54 Å². The molecule has 3 nitrogen and oxygen atoms in total. The summed E-state index contributed by atoms with van der Waals surface area (Å²) in [5, 5.41) is 3.15. The third kappa shape index (κ3) is 3.65. The number of hydrogen-bond donors (Lipinski definition) is 1. The Balaban J connectivity index is 1.59. The van der Waals surface area contributed by atoms with E-state index in [1.807, 2.05) is 0 Å². The van der Waals surface area contributed by atoms with Gasteiger partial charge in [0.25, 0.3) is 0 Å². The highest BCUT2D eigenvalue weighted by molar-refractivity contribution is 5.78. The number of carbonyl (C=O) groups is 1. The van der Waals surface area contributed by atoms with Gasteiger partial charge in [0.1, 0.15) is 0 Å². The van der Waals surface area contributed by atoms with Crippen molar-refractivity contribution in [2.24, 2.45) is 0 Å². The lowest BCUT2D eigenvalue weighted by Crippen LogP contribution is -2.37. The number of nitrogens with zero attached hydrogens (tertiary/aromatic N) is 1. The van der Waals surface area contributed by atoms with Crippen molar-refractivity contribution in [3.05, 3.63) is 34.9 Å². The van der Waals surface area contributed by atoms with Crippen LogP contribution in [-0.2, 0) is 17.6 Å². The van der Waals surface area contributed by atoms with Gasteiger partial charge < -0.3 is 5.32 Å². The van der Waals surface area contributed by atoms with Crippen LogP contribution in [0, 0.1) is 0 Å². The van der Waals surface area contributed by atoms with E-state index in [4.69, 9.17) is 0 Å². The van der Waals surface area contributed by atoms with Gasteiger partial charge in [0.15, 0.2) is 0 Å². The van der Waals surface area contributed by atoms with E-state index in [-0.39, 0.29) is 11.9 Å². The van der Waals surface area contributed by atoms with E-state index < -0.39 is 0 Å². The highest BCUT2D eigenvalue weighted by Crippen LogP contribution is 2.24. The number of rotatable bonds is 4. The first-order valence-corrected chi connectivity index (χ1v) is 8.36. The van der Waals surface area contributed by atoms with Crippen molar-refractivity contribution < 1.29 is 4.79 Å². The second kappa shape index (κ2) is 6.61. The minimum absolute atomic E-state index is 0.104. The molecule has 1 amide bonds. The normalized spacial score (nSPS) is 20.0. The lowest BCUT2D eigenvalue weighted by Gasteiger charge is -2.21. The number of benzene rings is 1. The number of aryl methyl sites for hydroxylation is 2. The van der Waals surface area contributed by atoms with Gasteiger partial charge in [-0.25, -0.2) is 0 Å². The van der Waals surface area contributed by atoms with Gasteiger partial charge >= 0.3 is 0 Å². The van der Waals surface area contributed by atoms with Crippen LogP contribution in [-0.4, -0.2) is 30.4 Å². The molecule has 3 heteroatoms. The van der Waals surface area contributed by atoms with Crippen LogP contribution in [0.4, 0.5) is 0 Å². The Morgan fingerprint density at radius 1 is 1.14 bits per heavy atom. The molecule has 1 N–H and O–H groups in total. The smallest absolute Gasteiger partial charge is 0.234 e. The minimum Gasteiger partial charge on any atom is -0.348 e. The molecule has 2 aliphatic rings. The summed E-state index contributed by atoms with van der Waals surface area (Å²) in [6, 6.07) is 6.85. The van der Waals surface area contributed by atoms with E-state index in [9.17, 15) is 4.79 Å². The van der Waals surface area contributed by atoms with E-state index in [0.717, 1.165) is 13.1 Å². The maximum Gasteiger partial charge on any atom is 0.234 e. The van der Waals surface area contributed by atoms with E-state index in [2.05, 4.69) is 35.3 Å². The molecule has 1 aliphatic carbocycles. The first-order chi connectivity index (χ1) is 10.2. The summed E-state index contributed by atoms with van der Waals surface area (Å²) < 4.78 is 0. The summed E-state index contributed by atoms with van der Waals surface area (Å²) in [5.41, 5.74) is 4.23. The highest BCUT2D eigenvalue weighted by Gasteiger charge is 2.17. The lowest BCUT2D eigenvalue weighted by molar-refractivity contribution is -0.122. The van der Waals surface area contributed by atoms with Crippen LogP contribution < -0.4 is 5.32 Å². The predicted molar refractivity (Wildman–Crippen MR) is 85.3 cm³/mol. The summed E-state index contributed by atoms with van der Waals surface area (Å²) in [5.74, 6) is 0.155. The zero-order chi connectivity index (χ0) is 14.7. The van der Waals surface area contributed by atoms with Gasteiger partial charge in [-0.3, -0.25) is 9.69 Å². The van der Waals surface area contributed by atoms with Gasteiger partial charge in [-0.15, -0.1) is 0 Å². The van der Waals surface area contributed by atoms with Crippen LogP contribution in [0.3, 0.4) is 0 Å². The molecule has 1 saturated heterocycles. The Kier molecular flexibility index (Phi) is 4.59. The van der Waals surface area contributed by atoms with E-state index in [1.165, 1.54) is 55.2 Å². The van der Waals surface area contributed by atoms with Gasteiger partial charge in [0.05, 0.1) is 12.6 Å². The molecule has 0 bridgehead atoms. The molecular formula is C18H26N2O. The Morgan fingerprint density at radius 2 is 1.86 bits per heavy atom. The van der Waals surface area contributed by atoms with Crippen molar-refractivity contribution in [3.8, 4) is 0 Å². The molecule has 1 heterocycles. The maximum absolute atomic E-state index is 12.1. The van der Waals surface area contributed by atoms with E-state index in [1.54, 1.807) is 0 Å². The number of amides is 1.